The van der Waals surface area contributed by atoms with E-state index in [1.807, 2.05) is 53.1 Å². The van der Waals surface area contributed by atoms with Gasteiger partial charge in [0.1, 0.15) is 5.75 Å². The molecular formula is C26H30N4O2. The molecule has 0 spiro atoms. The number of carbonyl (C=O) groups excluding carboxylic acids is 1. The molecule has 1 amide bonds. The van der Waals surface area contributed by atoms with Crippen molar-refractivity contribution in [1.29, 1.82) is 0 Å². The lowest BCUT2D eigenvalue weighted by Crippen LogP contribution is -2.43. The number of aromatic nitrogens is 3. The number of rotatable bonds is 4. The monoisotopic (exact) mass is 430 g/mol. The van der Waals surface area contributed by atoms with Crippen molar-refractivity contribution in [3.63, 3.8) is 0 Å². The molecular weight excluding hydrogens is 400 g/mol. The van der Waals surface area contributed by atoms with Crippen LogP contribution in [-0.4, -0.2) is 45.0 Å². The van der Waals surface area contributed by atoms with E-state index in [0.29, 0.717) is 12.4 Å². The Morgan fingerprint density at radius 2 is 2.00 bits per heavy atom. The average Bonchev–Trinajstić information content (AvgIpc) is 3.17. The third-order valence-corrected chi connectivity index (χ3v) is 6.13. The van der Waals surface area contributed by atoms with Gasteiger partial charge in [-0.25, -0.2) is 4.98 Å². The molecule has 0 saturated heterocycles. The van der Waals surface area contributed by atoms with Crippen LogP contribution in [0.1, 0.15) is 49.6 Å². The van der Waals surface area contributed by atoms with Crippen molar-refractivity contribution in [2.75, 3.05) is 14.2 Å². The van der Waals surface area contributed by atoms with Crippen molar-refractivity contribution in [1.82, 2.24) is 19.4 Å². The van der Waals surface area contributed by atoms with Crippen LogP contribution in [0, 0.1) is 0 Å². The molecule has 1 aromatic carbocycles. The van der Waals surface area contributed by atoms with Crippen LogP contribution in [0.15, 0.2) is 43.2 Å². The largest absolute Gasteiger partial charge is 0.496 e. The molecule has 1 aliphatic rings. The molecule has 0 fully saturated rings. The predicted octanol–water partition coefficient (Wildman–Crippen LogP) is 5.08. The lowest BCUT2D eigenvalue weighted by atomic mass is 9.91. The molecule has 1 aliphatic heterocycles. The topological polar surface area (TPSA) is 60.2 Å². The molecule has 0 unspecified atom stereocenters. The van der Waals surface area contributed by atoms with Gasteiger partial charge in [-0.15, -0.1) is 0 Å². The quantitative estimate of drug-likeness (QED) is 0.579. The van der Waals surface area contributed by atoms with Crippen molar-refractivity contribution in [2.24, 2.45) is 0 Å². The molecule has 3 aromatic rings. The van der Waals surface area contributed by atoms with Crippen LogP contribution >= 0.6 is 0 Å². The van der Waals surface area contributed by atoms with Gasteiger partial charge in [-0.2, -0.15) is 0 Å². The number of ether oxygens (including phenoxy) is 1. The van der Waals surface area contributed by atoms with Crippen LogP contribution in [0.2, 0.25) is 0 Å². The third kappa shape index (κ3) is 3.60. The first-order valence-electron chi connectivity index (χ1n) is 10.8. The van der Waals surface area contributed by atoms with Gasteiger partial charge in [-0.3, -0.25) is 9.78 Å². The first-order chi connectivity index (χ1) is 15.1. The molecule has 0 radical (unpaired) electrons. The highest BCUT2D eigenvalue weighted by molar-refractivity contribution is 5.94. The molecule has 0 N–H and O–H groups in total. The van der Waals surface area contributed by atoms with E-state index in [1.165, 1.54) is 5.56 Å². The zero-order valence-corrected chi connectivity index (χ0v) is 19.7. The Morgan fingerprint density at radius 3 is 2.59 bits per heavy atom. The molecule has 4 rings (SSSR count). The minimum Gasteiger partial charge on any atom is -0.496 e. The molecule has 6 nitrogen and oxygen atoms in total. The van der Waals surface area contributed by atoms with E-state index in [2.05, 4.69) is 28.3 Å². The smallest absolute Gasteiger partial charge is 0.290 e. The van der Waals surface area contributed by atoms with Gasteiger partial charge in [0.25, 0.3) is 5.91 Å². The SMILES string of the molecule is C=C(C)c1nc(C(=O)N(C)C(C)(C)C)n2c1-c1cc(-c3cccnc3)c(OC)cc1CC2. The maximum absolute atomic E-state index is 13.4. The van der Waals surface area contributed by atoms with Crippen LogP contribution in [-0.2, 0) is 13.0 Å². The number of methoxy groups -OCH3 is 1. The Kier molecular flexibility index (Phi) is 5.41. The summed E-state index contributed by atoms with van der Waals surface area (Å²) in [6.07, 6.45) is 4.38. The number of carbonyl (C=O) groups is 1. The number of imidazole rings is 1. The predicted molar refractivity (Wildman–Crippen MR) is 128 cm³/mol. The van der Waals surface area contributed by atoms with Crippen LogP contribution in [0.4, 0.5) is 0 Å². The summed E-state index contributed by atoms with van der Waals surface area (Å²) in [5.74, 6) is 1.18. The van der Waals surface area contributed by atoms with E-state index in [0.717, 1.165) is 45.8 Å². The Bertz CT molecular complexity index is 1200. The average molecular weight is 431 g/mol. The van der Waals surface area contributed by atoms with Gasteiger partial charge in [-0.1, -0.05) is 12.6 Å². The first kappa shape index (κ1) is 21.8. The summed E-state index contributed by atoms with van der Waals surface area (Å²) in [5, 5.41) is 0. The van der Waals surface area contributed by atoms with Crippen LogP contribution in [0.3, 0.4) is 0 Å². The highest BCUT2D eigenvalue weighted by Crippen LogP contribution is 2.42. The van der Waals surface area contributed by atoms with E-state index >= 15 is 0 Å². The number of pyridine rings is 1. The summed E-state index contributed by atoms with van der Waals surface area (Å²) in [7, 11) is 3.51. The normalized spacial score (nSPS) is 12.7. The van der Waals surface area contributed by atoms with E-state index in [4.69, 9.17) is 9.72 Å². The third-order valence-electron chi connectivity index (χ3n) is 6.13. The van der Waals surface area contributed by atoms with Gasteiger partial charge in [0.2, 0.25) is 0 Å². The Hall–Kier alpha value is -3.41. The molecule has 166 valence electrons. The maximum Gasteiger partial charge on any atom is 0.290 e. The molecule has 3 heterocycles. The second-order valence-electron chi connectivity index (χ2n) is 9.30. The number of nitrogens with zero attached hydrogens (tertiary/aromatic N) is 4. The van der Waals surface area contributed by atoms with Crippen LogP contribution in [0.5, 0.6) is 5.75 Å². The lowest BCUT2D eigenvalue weighted by Gasteiger charge is -2.32. The minimum absolute atomic E-state index is 0.0873. The van der Waals surface area contributed by atoms with E-state index in [1.54, 1.807) is 18.2 Å². The van der Waals surface area contributed by atoms with Gasteiger partial charge < -0.3 is 14.2 Å². The molecule has 0 saturated carbocycles. The molecule has 0 bridgehead atoms. The van der Waals surface area contributed by atoms with Crippen molar-refractivity contribution < 1.29 is 9.53 Å². The van der Waals surface area contributed by atoms with Gasteiger partial charge in [0.15, 0.2) is 5.82 Å². The number of aryl methyl sites for hydroxylation is 1. The van der Waals surface area contributed by atoms with Crippen molar-refractivity contribution in [2.45, 2.75) is 46.2 Å². The minimum atomic E-state index is -0.305. The number of fused-ring (bicyclic) bond motifs is 3. The van der Waals surface area contributed by atoms with Crippen LogP contribution in [0.25, 0.3) is 28.0 Å². The fraction of sp³-hybridized carbons (Fsp3) is 0.346. The molecule has 0 atom stereocenters. The number of hydrogen-bond acceptors (Lipinski definition) is 4. The van der Waals surface area contributed by atoms with E-state index in [-0.39, 0.29) is 11.4 Å². The highest BCUT2D eigenvalue weighted by Gasteiger charge is 2.32. The van der Waals surface area contributed by atoms with Crippen LogP contribution < -0.4 is 4.74 Å². The Balaban J connectivity index is 1.94. The molecule has 32 heavy (non-hydrogen) atoms. The number of benzene rings is 1. The first-order valence-corrected chi connectivity index (χ1v) is 10.8. The van der Waals surface area contributed by atoms with Crippen molar-refractivity contribution in [3.8, 4) is 28.1 Å². The summed E-state index contributed by atoms with van der Waals surface area (Å²) < 4.78 is 7.77. The van der Waals surface area contributed by atoms with E-state index in [9.17, 15) is 4.79 Å². The zero-order valence-electron chi connectivity index (χ0n) is 19.7. The number of hydrogen-bond donors (Lipinski definition) is 0. The fourth-order valence-electron chi connectivity index (χ4n) is 4.06. The Labute approximate surface area is 189 Å². The summed E-state index contributed by atoms with van der Waals surface area (Å²) in [6, 6.07) is 8.16. The van der Waals surface area contributed by atoms with Crippen molar-refractivity contribution >= 4 is 11.5 Å². The van der Waals surface area contributed by atoms with Crippen molar-refractivity contribution in [3.05, 3.63) is 60.3 Å². The lowest BCUT2D eigenvalue weighted by molar-refractivity contribution is 0.0638. The second-order valence-corrected chi connectivity index (χ2v) is 9.30. The summed E-state index contributed by atoms with van der Waals surface area (Å²) in [4.78, 5) is 24.2. The standard InChI is InChI=1S/C26H30N4O2/c1-16(2)22-23-20-14-19(18-9-8-11-27-15-18)21(32-7)13-17(20)10-12-30(23)24(28-22)25(31)29(6)26(3,4)5/h8-9,11,13-15H,1,10,12H2,2-7H3. The number of amides is 1. The maximum atomic E-state index is 13.4. The summed E-state index contributed by atoms with van der Waals surface area (Å²) >= 11 is 0. The van der Waals surface area contributed by atoms with Gasteiger partial charge in [0, 0.05) is 48.2 Å². The Morgan fingerprint density at radius 1 is 1.25 bits per heavy atom. The van der Waals surface area contributed by atoms with Gasteiger partial charge in [-0.05, 0) is 63.5 Å². The molecule has 6 heteroatoms. The van der Waals surface area contributed by atoms with Gasteiger partial charge in [0.05, 0.1) is 18.5 Å². The van der Waals surface area contributed by atoms with E-state index < -0.39 is 0 Å². The zero-order chi connectivity index (χ0) is 23.2. The van der Waals surface area contributed by atoms with Gasteiger partial charge >= 0.3 is 0 Å². The number of allylic oxidation sites excluding steroid dienone is 1. The fourth-order valence-corrected chi connectivity index (χ4v) is 4.06. The highest BCUT2D eigenvalue weighted by atomic mass is 16.5. The molecule has 2 aromatic heterocycles. The second kappa shape index (κ2) is 7.93. The summed E-state index contributed by atoms with van der Waals surface area (Å²) in [5.41, 5.74) is 6.39. The summed E-state index contributed by atoms with van der Waals surface area (Å²) in [6.45, 7) is 12.8. The molecule has 0 aliphatic carbocycles.